The molecule has 2 rings (SSSR count). The monoisotopic (exact) mass is 295 g/mol. The fourth-order valence-corrected chi connectivity index (χ4v) is 2.73. The average molecular weight is 295 g/mol. The van der Waals surface area contributed by atoms with Crippen molar-refractivity contribution in [2.45, 2.75) is 45.7 Å². The molecule has 0 spiro atoms. The van der Waals surface area contributed by atoms with Crippen LogP contribution in [0.1, 0.15) is 44.2 Å². The van der Waals surface area contributed by atoms with Crippen LogP contribution in [0.15, 0.2) is 60.7 Å². The van der Waals surface area contributed by atoms with E-state index in [1.165, 1.54) is 5.56 Å². The highest BCUT2D eigenvalue weighted by Crippen LogP contribution is 2.24. The van der Waals surface area contributed by atoms with Crippen molar-refractivity contribution < 1.29 is 4.79 Å². The maximum Gasteiger partial charge on any atom is 0.230 e. The molecule has 0 aliphatic heterocycles. The first kappa shape index (κ1) is 16.3. The molecule has 2 nitrogen and oxygen atoms in total. The Kier molecular flexibility index (Phi) is 5.76. The second kappa shape index (κ2) is 7.79. The van der Waals surface area contributed by atoms with Crippen molar-refractivity contribution in [3.8, 4) is 0 Å². The van der Waals surface area contributed by atoms with Gasteiger partial charge in [0.25, 0.3) is 0 Å². The van der Waals surface area contributed by atoms with Gasteiger partial charge < -0.3 is 4.90 Å². The van der Waals surface area contributed by atoms with E-state index in [0.29, 0.717) is 6.54 Å². The van der Waals surface area contributed by atoms with E-state index in [4.69, 9.17) is 0 Å². The van der Waals surface area contributed by atoms with E-state index in [-0.39, 0.29) is 17.9 Å². The summed E-state index contributed by atoms with van der Waals surface area (Å²) in [5.74, 6) is 0.153. The average Bonchev–Trinajstić information content (AvgIpc) is 2.55. The lowest BCUT2D eigenvalue weighted by Crippen LogP contribution is -2.39. The Morgan fingerprint density at radius 2 is 1.50 bits per heavy atom. The van der Waals surface area contributed by atoms with Crippen LogP contribution in [0.2, 0.25) is 0 Å². The van der Waals surface area contributed by atoms with Gasteiger partial charge in [0.2, 0.25) is 5.91 Å². The second-order valence-corrected chi connectivity index (χ2v) is 5.92. The molecule has 0 fully saturated rings. The molecule has 1 amide bonds. The first-order chi connectivity index (χ1) is 10.6. The Morgan fingerprint density at radius 1 is 0.955 bits per heavy atom. The normalized spacial score (nSPS) is 12.2. The summed E-state index contributed by atoms with van der Waals surface area (Å²) in [4.78, 5) is 15.0. The van der Waals surface area contributed by atoms with Gasteiger partial charge >= 0.3 is 0 Å². The SMILES string of the molecule is CCC(C(=O)N(Cc1ccccc1)C(C)C)c1ccccc1. The van der Waals surface area contributed by atoms with E-state index >= 15 is 0 Å². The van der Waals surface area contributed by atoms with Crippen molar-refractivity contribution in [3.63, 3.8) is 0 Å². The first-order valence-corrected chi connectivity index (χ1v) is 8.02. The molecule has 2 heteroatoms. The lowest BCUT2D eigenvalue weighted by atomic mass is 9.94. The van der Waals surface area contributed by atoms with Crippen LogP contribution in [0.3, 0.4) is 0 Å². The topological polar surface area (TPSA) is 20.3 Å². The Bertz CT molecular complexity index is 577. The number of carbonyl (C=O) groups excluding carboxylic acids is 1. The summed E-state index contributed by atoms with van der Waals surface area (Å²) in [6.07, 6.45) is 0.820. The molecule has 0 heterocycles. The fraction of sp³-hybridized carbons (Fsp3) is 0.350. The summed E-state index contributed by atoms with van der Waals surface area (Å²) < 4.78 is 0. The maximum absolute atomic E-state index is 13.0. The van der Waals surface area contributed by atoms with Gasteiger partial charge in [-0.2, -0.15) is 0 Å². The Labute approximate surface area is 133 Å². The summed E-state index contributed by atoms with van der Waals surface area (Å²) in [6.45, 7) is 6.91. The van der Waals surface area contributed by atoms with E-state index in [1.807, 2.05) is 53.4 Å². The van der Waals surface area contributed by atoms with Crippen LogP contribution >= 0.6 is 0 Å². The minimum absolute atomic E-state index is 0.0627. The smallest absolute Gasteiger partial charge is 0.230 e. The van der Waals surface area contributed by atoms with Gasteiger partial charge in [0.15, 0.2) is 0 Å². The van der Waals surface area contributed by atoms with Gasteiger partial charge in [0.1, 0.15) is 0 Å². The highest BCUT2D eigenvalue weighted by Gasteiger charge is 2.26. The number of rotatable bonds is 6. The summed E-state index contributed by atoms with van der Waals surface area (Å²) in [6, 6.07) is 20.5. The molecule has 0 N–H and O–H groups in total. The molecular weight excluding hydrogens is 270 g/mol. The zero-order chi connectivity index (χ0) is 15.9. The number of nitrogens with zero attached hydrogens (tertiary/aromatic N) is 1. The largest absolute Gasteiger partial charge is 0.335 e. The zero-order valence-electron chi connectivity index (χ0n) is 13.7. The molecular formula is C20H25NO. The van der Waals surface area contributed by atoms with Crippen molar-refractivity contribution in [1.82, 2.24) is 4.90 Å². The second-order valence-electron chi connectivity index (χ2n) is 5.92. The number of benzene rings is 2. The Morgan fingerprint density at radius 3 is 2.00 bits per heavy atom. The molecule has 0 aromatic heterocycles. The Hall–Kier alpha value is -2.09. The maximum atomic E-state index is 13.0. The van der Waals surface area contributed by atoms with E-state index in [2.05, 4.69) is 32.9 Å². The van der Waals surface area contributed by atoms with Gasteiger partial charge in [-0.1, -0.05) is 67.6 Å². The van der Waals surface area contributed by atoms with E-state index < -0.39 is 0 Å². The van der Waals surface area contributed by atoms with Crippen LogP contribution in [-0.2, 0) is 11.3 Å². The lowest BCUT2D eigenvalue weighted by molar-refractivity contribution is -0.135. The molecule has 2 aromatic carbocycles. The van der Waals surface area contributed by atoms with E-state index in [1.54, 1.807) is 0 Å². The highest BCUT2D eigenvalue weighted by molar-refractivity contribution is 5.84. The van der Waals surface area contributed by atoms with Crippen molar-refractivity contribution in [1.29, 1.82) is 0 Å². The van der Waals surface area contributed by atoms with Crippen LogP contribution in [0.25, 0.3) is 0 Å². The molecule has 22 heavy (non-hydrogen) atoms. The molecule has 1 unspecified atom stereocenters. The van der Waals surface area contributed by atoms with Crippen LogP contribution < -0.4 is 0 Å². The molecule has 116 valence electrons. The molecule has 1 atom stereocenters. The van der Waals surface area contributed by atoms with Gasteiger partial charge in [0, 0.05) is 12.6 Å². The van der Waals surface area contributed by atoms with Crippen molar-refractivity contribution in [2.24, 2.45) is 0 Å². The molecule has 0 saturated carbocycles. The summed E-state index contributed by atoms with van der Waals surface area (Å²) >= 11 is 0. The van der Waals surface area contributed by atoms with Gasteiger partial charge in [0.05, 0.1) is 5.92 Å². The summed E-state index contributed by atoms with van der Waals surface area (Å²) in [5, 5.41) is 0. The minimum atomic E-state index is -0.0627. The van der Waals surface area contributed by atoms with E-state index in [0.717, 1.165) is 12.0 Å². The van der Waals surface area contributed by atoms with Crippen molar-refractivity contribution in [2.75, 3.05) is 0 Å². The van der Waals surface area contributed by atoms with Crippen LogP contribution in [0.4, 0.5) is 0 Å². The van der Waals surface area contributed by atoms with E-state index in [9.17, 15) is 4.79 Å². The standard InChI is InChI=1S/C20H25NO/c1-4-19(18-13-9-6-10-14-18)20(22)21(16(2)3)15-17-11-7-5-8-12-17/h5-14,16,19H,4,15H2,1-3H3. The third kappa shape index (κ3) is 3.97. The lowest BCUT2D eigenvalue weighted by Gasteiger charge is -2.30. The van der Waals surface area contributed by atoms with Crippen LogP contribution in [0, 0.1) is 0 Å². The molecule has 0 radical (unpaired) electrons. The zero-order valence-corrected chi connectivity index (χ0v) is 13.7. The molecule has 0 bridgehead atoms. The van der Waals surface area contributed by atoms with Gasteiger partial charge in [-0.15, -0.1) is 0 Å². The number of amides is 1. The predicted octanol–water partition coefficient (Wildman–Crippen LogP) is 4.62. The third-order valence-corrected chi connectivity index (χ3v) is 4.01. The Balaban J connectivity index is 2.21. The number of hydrogen-bond acceptors (Lipinski definition) is 1. The molecule has 0 aliphatic carbocycles. The minimum Gasteiger partial charge on any atom is -0.335 e. The van der Waals surface area contributed by atoms with Crippen molar-refractivity contribution in [3.05, 3.63) is 71.8 Å². The fourth-order valence-electron chi connectivity index (χ4n) is 2.73. The van der Waals surface area contributed by atoms with Crippen LogP contribution in [0.5, 0.6) is 0 Å². The van der Waals surface area contributed by atoms with Crippen LogP contribution in [-0.4, -0.2) is 16.8 Å². The predicted molar refractivity (Wildman–Crippen MR) is 91.6 cm³/mol. The van der Waals surface area contributed by atoms with Gasteiger partial charge in [-0.05, 0) is 31.4 Å². The molecule has 2 aromatic rings. The number of carbonyl (C=O) groups is 1. The summed E-state index contributed by atoms with van der Waals surface area (Å²) in [7, 11) is 0. The third-order valence-electron chi connectivity index (χ3n) is 4.01. The quantitative estimate of drug-likeness (QED) is 0.761. The highest BCUT2D eigenvalue weighted by atomic mass is 16.2. The first-order valence-electron chi connectivity index (χ1n) is 8.02. The van der Waals surface area contributed by atoms with Gasteiger partial charge in [-0.25, -0.2) is 0 Å². The van der Waals surface area contributed by atoms with Crippen molar-refractivity contribution >= 4 is 5.91 Å². The number of hydrogen-bond donors (Lipinski definition) is 0. The molecule has 0 aliphatic rings. The van der Waals surface area contributed by atoms with Gasteiger partial charge in [-0.3, -0.25) is 4.79 Å². The summed E-state index contributed by atoms with van der Waals surface area (Å²) in [5.41, 5.74) is 2.28. The molecule has 0 saturated heterocycles.